The quantitative estimate of drug-likeness (QED) is 0.822. The summed E-state index contributed by atoms with van der Waals surface area (Å²) in [5.41, 5.74) is 0.346. The van der Waals surface area contributed by atoms with Gasteiger partial charge in [0, 0.05) is 16.0 Å². The minimum atomic E-state index is 0.273. The summed E-state index contributed by atoms with van der Waals surface area (Å²) in [4.78, 5) is 13.9. The van der Waals surface area contributed by atoms with Crippen LogP contribution >= 0.6 is 11.3 Å². The molecule has 0 saturated heterocycles. The van der Waals surface area contributed by atoms with Crippen molar-refractivity contribution in [3.8, 4) is 0 Å². The summed E-state index contributed by atoms with van der Waals surface area (Å²) in [7, 11) is 0. The highest BCUT2D eigenvalue weighted by atomic mass is 32.1. The van der Waals surface area contributed by atoms with Crippen LogP contribution in [0, 0.1) is 23.2 Å². The number of fused-ring (bicyclic) bond motifs is 1. The van der Waals surface area contributed by atoms with E-state index in [0.29, 0.717) is 12.0 Å². The monoisotopic (exact) mass is 339 g/mol. The molecule has 4 fully saturated rings. The average Bonchev–Trinajstić information content (AvgIpc) is 2.94. The molecule has 1 heterocycles. The fraction of sp³-hybridized carbons (Fsp3) is 0.571. The Morgan fingerprint density at radius 2 is 1.75 bits per heavy atom. The minimum absolute atomic E-state index is 0.273. The van der Waals surface area contributed by atoms with Crippen LogP contribution in [-0.2, 0) is 11.3 Å². The Kier molecular flexibility index (Phi) is 3.48. The molecule has 1 aromatic carbocycles. The van der Waals surface area contributed by atoms with Crippen LogP contribution in [-0.4, -0.2) is 5.91 Å². The van der Waals surface area contributed by atoms with Gasteiger partial charge in [0.05, 0.1) is 6.54 Å². The summed E-state index contributed by atoms with van der Waals surface area (Å²) in [6.45, 7) is 0.685. The number of nitrogens with one attached hydrogen (secondary N) is 1. The first kappa shape index (κ1) is 14.9. The third-order valence-electron chi connectivity index (χ3n) is 6.64. The Bertz CT molecular complexity index is 709. The lowest BCUT2D eigenvalue weighted by Crippen LogP contribution is -2.47. The number of carbonyl (C=O) groups excluding carboxylic acids is 1. The number of benzene rings is 1. The number of hydrogen-bond acceptors (Lipinski definition) is 2. The Hall–Kier alpha value is -1.35. The molecule has 0 spiro atoms. The molecule has 1 amide bonds. The molecule has 4 bridgehead atoms. The molecular formula is C21H25NOS. The molecule has 126 valence electrons. The standard InChI is InChI=1S/C21H25NOS/c23-20(22-13-18-8-17-3-1-2-4-19(17)24-18)12-21-9-14-5-15(10-21)7-16(6-14)11-21/h1-4,8,14-16H,5-7,9-13H2,(H,22,23). The van der Waals surface area contributed by atoms with Crippen LogP contribution in [0.15, 0.2) is 30.3 Å². The summed E-state index contributed by atoms with van der Waals surface area (Å²) >= 11 is 1.79. The van der Waals surface area contributed by atoms with E-state index in [-0.39, 0.29) is 5.91 Å². The van der Waals surface area contributed by atoms with E-state index in [0.717, 1.165) is 24.2 Å². The van der Waals surface area contributed by atoms with Crippen molar-refractivity contribution in [2.75, 3.05) is 0 Å². The normalized spacial score (nSPS) is 33.9. The lowest BCUT2D eigenvalue weighted by Gasteiger charge is -2.56. The average molecular weight is 340 g/mol. The molecule has 0 atom stereocenters. The van der Waals surface area contributed by atoms with Gasteiger partial charge in [0.2, 0.25) is 5.91 Å². The Morgan fingerprint density at radius 3 is 2.42 bits per heavy atom. The predicted molar refractivity (Wildman–Crippen MR) is 98.9 cm³/mol. The van der Waals surface area contributed by atoms with Crippen LogP contribution in [0.3, 0.4) is 0 Å². The summed E-state index contributed by atoms with van der Waals surface area (Å²) in [6, 6.07) is 10.7. The predicted octanol–water partition coefficient (Wildman–Crippen LogP) is 5.12. The van der Waals surface area contributed by atoms with Gasteiger partial charge in [-0.2, -0.15) is 0 Å². The van der Waals surface area contributed by atoms with Crippen LogP contribution < -0.4 is 5.32 Å². The van der Waals surface area contributed by atoms with E-state index in [9.17, 15) is 4.79 Å². The van der Waals surface area contributed by atoms with E-state index in [1.165, 1.54) is 53.5 Å². The van der Waals surface area contributed by atoms with Crippen LogP contribution in [0.2, 0.25) is 0 Å². The van der Waals surface area contributed by atoms with Gasteiger partial charge in [-0.1, -0.05) is 18.2 Å². The van der Waals surface area contributed by atoms with Gasteiger partial charge >= 0.3 is 0 Å². The number of amides is 1. The molecule has 2 nitrogen and oxygen atoms in total. The van der Waals surface area contributed by atoms with Crippen molar-refractivity contribution in [1.29, 1.82) is 0 Å². The lowest BCUT2D eigenvalue weighted by atomic mass is 9.49. The van der Waals surface area contributed by atoms with E-state index in [1.54, 1.807) is 11.3 Å². The Balaban J connectivity index is 1.23. The van der Waals surface area contributed by atoms with Crippen molar-refractivity contribution in [3.05, 3.63) is 35.2 Å². The van der Waals surface area contributed by atoms with Gasteiger partial charge in [-0.25, -0.2) is 0 Å². The molecule has 0 radical (unpaired) electrons. The second-order valence-corrected chi connectivity index (χ2v) is 9.79. The molecule has 4 aliphatic carbocycles. The maximum Gasteiger partial charge on any atom is 0.220 e. The molecule has 0 unspecified atom stereocenters. The van der Waals surface area contributed by atoms with Gasteiger partial charge in [0.25, 0.3) is 0 Å². The van der Waals surface area contributed by atoms with Gasteiger partial charge in [0.1, 0.15) is 0 Å². The molecule has 3 heteroatoms. The highest BCUT2D eigenvalue weighted by Crippen LogP contribution is 2.61. The SMILES string of the molecule is O=C(CC12CC3CC(CC(C3)C1)C2)NCc1cc2ccccc2s1. The zero-order valence-electron chi connectivity index (χ0n) is 14.1. The molecule has 6 rings (SSSR count). The molecule has 24 heavy (non-hydrogen) atoms. The number of rotatable bonds is 4. The molecule has 0 aliphatic heterocycles. The summed E-state index contributed by atoms with van der Waals surface area (Å²) in [6.07, 6.45) is 9.05. The second-order valence-electron chi connectivity index (χ2n) is 8.62. The first-order valence-electron chi connectivity index (χ1n) is 9.42. The molecule has 2 aromatic rings. The van der Waals surface area contributed by atoms with Gasteiger partial charge in [-0.05, 0) is 79.2 Å². The minimum Gasteiger partial charge on any atom is -0.351 e. The number of thiophene rings is 1. The molecule has 4 saturated carbocycles. The summed E-state index contributed by atoms with van der Waals surface area (Å²) < 4.78 is 1.31. The maximum absolute atomic E-state index is 12.6. The smallest absolute Gasteiger partial charge is 0.220 e. The second kappa shape index (κ2) is 5.59. The third-order valence-corrected chi connectivity index (χ3v) is 7.75. The van der Waals surface area contributed by atoms with Crippen LogP contribution in [0.1, 0.15) is 49.8 Å². The highest BCUT2D eigenvalue weighted by Gasteiger charge is 2.51. The number of hydrogen-bond donors (Lipinski definition) is 1. The van der Waals surface area contributed by atoms with Crippen LogP contribution in [0.25, 0.3) is 10.1 Å². The van der Waals surface area contributed by atoms with Crippen LogP contribution in [0.5, 0.6) is 0 Å². The van der Waals surface area contributed by atoms with Crippen molar-refractivity contribution in [3.63, 3.8) is 0 Å². The van der Waals surface area contributed by atoms with Gasteiger partial charge in [-0.3, -0.25) is 4.79 Å². The van der Waals surface area contributed by atoms with E-state index >= 15 is 0 Å². The van der Waals surface area contributed by atoms with Crippen molar-refractivity contribution in [1.82, 2.24) is 5.32 Å². The molecular weight excluding hydrogens is 314 g/mol. The Labute approximate surface area is 147 Å². The van der Waals surface area contributed by atoms with E-state index < -0.39 is 0 Å². The van der Waals surface area contributed by atoms with E-state index in [2.05, 4.69) is 35.6 Å². The zero-order chi connectivity index (χ0) is 16.1. The molecule has 1 aromatic heterocycles. The Morgan fingerprint density at radius 1 is 1.08 bits per heavy atom. The van der Waals surface area contributed by atoms with Crippen molar-refractivity contribution in [2.45, 2.75) is 51.5 Å². The van der Waals surface area contributed by atoms with Gasteiger partial charge in [0.15, 0.2) is 0 Å². The topological polar surface area (TPSA) is 29.1 Å². The number of carbonyl (C=O) groups is 1. The van der Waals surface area contributed by atoms with Crippen LogP contribution in [0.4, 0.5) is 0 Å². The van der Waals surface area contributed by atoms with E-state index in [4.69, 9.17) is 0 Å². The first-order chi connectivity index (χ1) is 11.7. The maximum atomic E-state index is 12.6. The van der Waals surface area contributed by atoms with E-state index in [1.807, 2.05) is 0 Å². The van der Waals surface area contributed by atoms with Gasteiger partial charge in [-0.15, -0.1) is 11.3 Å². The summed E-state index contributed by atoms with van der Waals surface area (Å²) in [5, 5.41) is 4.49. The third kappa shape index (κ3) is 2.67. The largest absolute Gasteiger partial charge is 0.351 e. The van der Waals surface area contributed by atoms with Crippen molar-refractivity contribution < 1.29 is 4.79 Å². The lowest BCUT2D eigenvalue weighted by molar-refractivity contribution is -0.129. The molecule has 4 aliphatic rings. The highest BCUT2D eigenvalue weighted by molar-refractivity contribution is 7.19. The zero-order valence-corrected chi connectivity index (χ0v) is 14.9. The summed E-state index contributed by atoms with van der Waals surface area (Å²) in [5.74, 6) is 3.04. The fourth-order valence-corrected chi connectivity index (χ4v) is 7.22. The molecule has 1 N–H and O–H groups in total. The van der Waals surface area contributed by atoms with Gasteiger partial charge < -0.3 is 5.32 Å². The first-order valence-corrected chi connectivity index (χ1v) is 10.2. The van der Waals surface area contributed by atoms with Crippen molar-refractivity contribution >= 4 is 27.3 Å². The van der Waals surface area contributed by atoms with Crippen molar-refractivity contribution in [2.24, 2.45) is 23.2 Å². The fourth-order valence-electron chi connectivity index (χ4n) is 6.22.